The number of fused-ring (bicyclic) bond motifs is 1. The van der Waals surface area contributed by atoms with E-state index in [1.807, 2.05) is 6.07 Å². The maximum absolute atomic E-state index is 11.7. The summed E-state index contributed by atoms with van der Waals surface area (Å²) in [5.41, 5.74) is 0.858. The highest BCUT2D eigenvalue weighted by Gasteiger charge is 2.26. The van der Waals surface area contributed by atoms with Gasteiger partial charge in [-0.15, -0.1) is 0 Å². The molecule has 25 heavy (non-hydrogen) atoms. The van der Waals surface area contributed by atoms with E-state index >= 15 is 0 Å². The highest BCUT2D eigenvalue weighted by Crippen LogP contribution is 2.39. The minimum atomic E-state index is -0.733. The van der Waals surface area contributed by atoms with Crippen molar-refractivity contribution in [3.63, 3.8) is 0 Å². The average Bonchev–Trinajstić information content (AvgIpc) is 2.61. The van der Waals surface area contributed by atoms with Crippen LogP contribution in [0, 0.1) is 10.1 Å². The molecule has 0 aliphatic rings. The lowest BCUT2D eigenvalue weighted by atomic mass is 9.95. The quantitative estimate of drug-likeness (QED) is 0.562. The van der Waals surface area contributed by atoms with Crippen molar-refractivity contribution in [2.45, 2.75) is 13.0 Å². The molecule has 3 rings (SSSR count). The molecular weight excluding hydrogens is 322 g/mol. The Bertz CT molecular complexity index is 957. The van der Waals surface area contributed by atoms with Gasteiger partial charge >= 0.3 is 0 Å². The first kappa shape index (κ1) is 16.4. The number of phenolic OH excluding ortho intramolecular Hbond substituents is 1. The zero-order valence-corrected chi connectivity index (χ0v) is 13.3. The summed E-state index contributed by atoms with van der Waals surface area (Å²) in [5.74, 6) is -0.513. The van der Waals surface area contributed by atoms with Crippen molar-refractivity contribution in [3.8, 4) is 5.75 Å². The molecule has 0 saturated heterocycles. The number of pyridine rings is 1. The van der Waals surface area contributed by atoms with Gasteiger partial charge in [-0.1, -0.05) is 30.3 Å². The molecule has 0 saturated carbocycles. The molecule has 0 unspecified atom stereocenters. The number of rotatable bonds is 4. The maximum atomic E-state index is 11.7. The summed E-state index contributed by atoms with van der Waals surface area (Å²) in [6.45, 7) is 1.35. The predicted octanol–water partition coefficient (Wildman–Crippen LogP) is 3.07. The van der Waals surface area contributed by atoms with Crippen molar-refractivity contribution < 1.29 is 14.8 Å². The van der Waals surface area contributed by atoms with E-state index in [0.717, 1.165) is 0 Å². The molecule has 0 aliphatic carbocycles. The zero-order valence-electron chi connectivity index (χ0n) is 13.3. The van der Waals surface area contributed by atoms with Crippen LogP contribution in [0.3, 0.4) is 0 Å². The Labute approximate surface area is 143 Å². The van der Waals surface area contributed by atoms with Crippen LogP contribution in [0.2, 0.25) is 0 Å². The van der Waals surface area contributed by atoms with Gasteiger partial charge in [0, 0.05) is 24.8 Å². The predicted molar refractivity (Wildman–Crippen MR) is 92.2 cm³/mol. The molecule has 7 nitrogen and oxygen atoms in total. The molecule has 0 fully saturated rings. The lowest BCUT2D eigenvalue weighted by Gasteiger charge is -2.20. The molecule has 1 atom stereocenters. The first-order valence-electron chi connectivity index (χ1n) is 7.56. The molecule has 0 aliphatic heterocycles. The van der Waals surface area contributed by atoms with Gasteiger partial charge in [-0.25, -0.2) is 0 Å². The number of nitrogens with one attached hydrogen (secondary N) is 1. The van der Waals surface area contributed by atoms with Crippen molar-refractivity contribution in [2.24, 2.45) is 0 Å². The number of nitrogens with zero attached hydrogens (tertiary/aromatic N) is 2. The SMILES string of the molecule is CC(=O)N[C@H](c1ccccc1)c1cc([N+](=O)[O-])c2cccnc2c1O. The van der Waals surface area contributed by atoms with Crippen LogP contribution in [-0.4, -0.2) is 20.9 Å². The Balaban J connectivity index is 2.29. The summed E-state index contributed by atoms with van der Waals surface area (Å²) in [7, 11) is 0. The zero-order chi connectivity index (χ0) is 18.0. The number of nitro groups is 1. The third kappa shape index (κ3) is 3.12. The number of hydrogen-bond donors (Lipinski definition) is 2. The molecule has 1 amide bonds. The normalized spacial score (nSPS) is 11.9. The minimum Gasteiger partial charge on any atom is -0.505 e. The van der Waals surface area contributed by atoms with E-state index < -0.39 is 11.0 Å². The summed E-state index contributed by atoms with van der Waals surface area (Å²) < 4.78 is 0. The smallest absolute Gasteiger partial charge is 0.279 e. The second-order valence-electron chi connectivity index (χ2n) is 5.53. The molecule has 7 heteroatoms. The van der Waals surface area contributed by atoms with E-state index in [1.165, 1.54) is 25.3 Å². The molecule has 3 aromatic rings. The van der Waals surface area contributed by atoms with Crippen LogP contribution in [0.15, 0.2) is 54.7 Å². The van der Waals surface area contributed by atoms with Crippen molar-refractivity contribution >= 4 is 22.5 Å². The number of non-ortho nitro benzene ring substituents is 1. The van der Waals surface area contributed by atoms with Gasteiger partial charge in [-0.3, -0.25) is 19.9 Å². The number of amides is 1. The number of phenols is 1. The molecule has 0 spiro atoms. The van der Waals surface area contributed by atoms with Gasteiger partial charge in [-0.2, -0.15) is 0 Å². The molecule has 1 aromatic heterocycles. The van der Waals surface area contributed by atoms with Crippen molar-refractivity contribution in [1.29, 1.82) is 0 Å². The van der Waals surface area contributed by atoms with E-state index in [-0.39, 0.29) is 33.8 Å². The number of carbonyl (C=O) groups is 1. The Morgan fingerprint density at radius 2 is 1.96 bits per heavy atom. The van der Waals surface area contributed by atoms with Gasteiger partial charge in [-0.05, 0) is 17.7 Å². The van der Waals surface area contributed by atoms with Gasteiger partial charge in [0.15, 0.2) is 0 Å². The molecule has 0 radical (unpaired) electrons. The van der Waals surface area contributed by atoms with Crippen molar-refractivity contribution in [3.05, 3.63) is 76.0 Å². The first-order chi connectivity index (χ1) is 12.0. The fourth-order valence-electron chi connectivity index (χ4n) is 2.79. The highest BCUT2D eigenvalue weighted by atomic mass is 16.6. The van der Waals surface area contributed by atoms with Crippen LogP contribution >= 0.6 is 0 Å². The van der Waals surface area contributed by atoms with E-state index in [0.29, 0.717) is 5.56 Å². The van der Waals surface area contributed by atoms with Gasteiger partial charge in [0.1, 0.15) is 11.3 Å². The molecule has 1 heterocycles. The van der Waals surface area contributed by atoms with Gasteiger partial charge in [0.2, 0.25) is 5.91 Å². The van der Waals surface area contributed by atoms with Crippen LogP contribution < -0.4 is 5.32 Å². The van der Waals surface area contributed by atoms with E-state index in [4.69, 9.17) is 0 Å². The largest absolute Gasteiger partial charge is 0.505 e. The highest BCUT2D eigenvalue weighted by molar-refractivity contribution is 5.93. The van der Waals surface area contributed by atoms with Crippen LogP contribution in [-0.2, 0) is 4.79 Å². The minimum absolute atomic E-state index is 0.123. The van der Waals surface area contributed by atoms with Crippen LogP contribution in [0.4, 0.5) is 5.69 Å². The number of aromatic nitrogens is 1. The Morgan fingerprint density at radius 1 is 1.24 bits per heavy atom. The summed E-state index contributed by atoms with van der Waals surface area (Å²) in [6, 6.07) is 12.6. The Hall–Kier alpha value is -3.48. The third-order valence-electron chi connectivity index (χ3n) is 3.86. The van der Waals surface area contributed by atoms with E-state index in [9.17, 15) is 20.0 Å². The summed E-state index contributed by atoms with van der Waals surface area (Å²) >= 11 is 0. The number of hydrogen-bond acceptors (Lipinski definition) is 5. The van der Waals surface area contributed by atoms with Gasteiger partial charge < -0.3 is 10.4 Å². The fourth-order valence-corrected chi connectivity index (χ4v) is 2.79. The average molecular weight is 337 g/mol. The Kier molecular flexibility index (Phi) is 4.30. The lowest BCUT2D eigenvalue weighted by molar-refractivity contribution is -0.383. The second kappa shape index (κ2) is 6.56. The third-order valence-corrected chi connectivity index (χ3v) is 3.86. The summed E-state index contributed by atoms with van der Waals surface area (Å²) in [5, 5.41) is 25.1. The molecule has 2 aromatic carbocycles. The summed E-state index contributed by atoms with van der Waals surface area (Å²) in [4.78, 5) is 26.7. The lowest BCUT2D eigenvalue weighted by Crippen LogP contribution is -2.27. The standard InChI is InChI=1S/C18H15N3O4/c1-11(22)20-16(12-6-3-2-4-7-12)14-10-15(21(24)25)13-8-5-9-19-17(13)18(14)23/h2-10,16,23H,1H3,(H,20,22)/t16-/m1/s1. The molecule has 2 N–H and O–H groups in total. The second-order valence-corrected chi connectivity index (χ2v) is 5.53. The molecular formula is C18H15N3O4. The summed E-state index contributed by atoms with van der Waals surface area (Å²) in [6.07, 6.45) is 1.45. The fraction of sp³-hybridized carbons (Fsp3) is 0.111. The van der Waals surface area contributed by atoms with E-state index in [2.05, 4.69) is 10.3 Å². The van der Waals surface area contributed by atoms with Crippen molar-refractivity contribution in [2.75, 3.05) is 0 Å². The van der Waals surface area contributed by atoms with Crippen LogP contribution in [0.1, 0.15) is 24.1 Å². The number of benzene rings is 2. The van der Waals surface area contributed by atoms with Crippen LogP contribution in [0.5, 0.6) is 5.75 Å². The van der Waals surface area contributed by atoms with E-state index in [1.54, 1.807) is 30.3 Å². The maximum Gasteiger partial charge on any atom is 0.279 e. The monoisotopic (exact) mass is 337 g/mol. The van der Waals surface area contributed by atoms with Crippen molar-refractivity contribution in [1.82, 2.24) is 10.3 Å². The number of carbonyl (C=O) groups excluding carboxylic acids is 1. The first-order valence-corrected chi connectivity index (χ1v) is 7.56. The number of aromatic hydroxyl groups is 1. The molecule has 0 bridgehead atoms. The topological polar surface area (TPSA) is 105 Å². The Morgan fingerprint density at radius 3 is 2.60 bits per heavy atom. The van der Waals surface area contributed by atoms with Gasteiger partial charge in [0.05, 0.1) is 16.4 Å². The van der Waals surface area contributed by atoms with Crippen LogP contribution in [0.25, 0.3) is 10.9 Å². The van der Waals surface area contributed by atoms with Gasteiger partial charge in [0.25, 0.3) is 5.69 Å². The molecule has 126 valence electrons. The number of nitro benzene ring substituents is 1.